The lowest BCUT2D eigenvalue weighted by molar-refractivity contribution is -0.124. The van der Waals surface area contributed by atoms with Crippen LogP contribution in [0.2, 0.25) is 0 Å². The predicted octanol–water partition coefficient (Wildman–Crippen LogP) is 1.72. The van der Waals surface area contributed by atoms with Gasteiger partial charge >= 0.3 is 0 Å². The molecule has 0 aromatic carbocycles. The van der Waals surface area contributed by atoms with Crippen molar-refractivity contribution in [1.29, 1.82) is 0 Å². The van der Waals surface area contributed by atoms with E-state index < -0.39 is 5.60 Å². The Morgan fingerprint density at radius 1 is 1.11 bits per heavy atom. The molecule has 1 saturated carbocycles. The molecule has 1 unspecified atom stereocenters. The van der Waals surface area contributed by atoms with Gasteiger partial charge in [0.05, 0.1) is 11.6 Å². The van der Waals surface area contributed by atoms with Crippen molar-refractivity contribution in [3.05, 3.63) is 0 Å². The number of amides is 1. The Balaban J connectivity index is 1.78. The number of carbonyl (C=O) groups excluding carboxylic acids is 1. The summed E-state index contributed by atoms with van der Waals surface area (Å²) in [4.78, 5) is 12.1. The zero-order chi connectivity index (χ0) is 13.6. The zero-order valence-corrected chi connectivity index (χ0v) is 11.9. The van der Waals surface area contributed by atoms with Crippen molar-refractivity contribution in [2.75, 3.05) is 13.1 Å². The fourth-order valence-corrected chi connectivity index (χ4v) is 3.19. The second-order valence-corrected chi connectivity index (χ2v) is 6.21. The van der Waals surface area contributed by atoms with Crippen molar-refractivity contribution in [2.24, 2.45) is 0 Å². The fraction of sp³-hybridized carbons (Fsp3) is 0.933. The van der Waals surface area contributed by atoms with Crippen LogP contribution in [0.3, 0.4) is 0 Å². The van der Waals surface area contributed by atoms with E-state index in [-0.39, 0.29) is 11.9 Å². The first-order valence-electron chi connectivity index (χ1n) is 7.93. The lowest BCUT2D eigenvalue weighted by atomic mass is 9.94. The third-order valence-corrected chi connectivity index (χ3v) is 4.50. The molecule has 1 atom stereocenters. The van der Waals surface area contributed by atoms with Crippen LogP contribution in [-0.4, -0.2) is 35.7 Å². The molecule has 2 fully saturated rings. The predicted molar refractivity (Wildman–Crippen MR) is 75.9 cm³/mol. The topological polar surface area (TPSA) is 61.4 Å². The third kappa shape index (κ3) is 4.77. The molecule has 1 heterocycles. The molecular weight excluding hydrogens is 240 g/mol. The van der Waals surface area contributed by atoms with E-state index >= 15 is 0 Å². The van der Waals surface area contributed by atoms with Gasteiger partial charge in [-0.2, -0.15) is 0 Å². The van der Waals surface area contributed by atoms with Crippen LogP contribution < -0.4 is 10.6 Å². The number of hydrogen-bond acceptors (Lipinski definition) is 3. The molecule has 0 bridgehead atoms. The quantitative estimate of drug-likeness (QED) is 0.683. The lowest BCUT2D eigenvalue weighted by Gasteiger charge is -2.28. The highest BCUT2D eigenvalue weighted by atomic mass is 16.3. The maximum absolute atomic E-state index is 12.1. The van der Waals surface area contributed by atoms with Gasteiger partial charge in [-0.3, -0.25) is 4.79 Å². The Kier molecular flexibility index (Phi) is 5.64. The van der Waals surface area contributed by atoms with Gasteiger partial charge in [0.2, 0.25) is 5.91 Å². The molecule has 1 saturated heterocycles. The molecule has 19 heavy (non-hydrogen) atoms. The Morgan fingerprint density at radius 2 is 1.79 bits per heavy atom. The molecule has 1 amide bonds. The van der Waals surface area contributed by atoms with Gasteiger partial charge in [0.15, 0.2) is 0 Å². The SMILES string of the molecule is O=C(NCC1(O)CCCCCC1)C1CCCCCN1. The highest BCUT2D eigenvalue weighted by molar-refractivity contribution is 5.81. The van der Waals surface area contributed by atoms with E-state index in [0.717, 1.165) is 51.5 Å². The molecule has 0 radical (unpaired) electrons. The van der Waals surface area contributed by atoms with E-state index in [1.807, 2.05) is 0 Å². The van der Waals surface area contributed by atoms with E-state index in [1.165, 1.54) is 19.3 Å². The van der Waals surface area contributed by atoms with Crippen LogP contribution in [0.15, 0.2) is 0 Å². The molecule has 0 aromatic rings. The van der Waals surface area contributed by atoms with Crippen LogP contribution >= 0.6 is 0 Å². The summed E-state index contributed by atoms with van der Waals surface area (Å²) in [6.07, 6.45) is 10.6. The van der Waals surface area contributed by atoms with Crippen molar-refractivity contribution < 1.29 is 9.90 Å². The van der Waals surface area contributed by atoms with Crippen LogP contribution in [0.1, 0.15) is 64.2 Å². The van der Waals surface area contributed by atoms with Gasteiger partial charge in [-0.15, -0.1) is 0 Å². The molecule has 1 aliphatic carbocycles. The van der Waals surface area contributed by atoms with E-state index in [9.17, 15) is 9.90 Å². The minimum atomic E-state index is -0.670. The summed E-state index contributed by atoms with van der Waals surface area (Å²) in [5, 5.41) is 16.8. The smallest absolute Gasteiger partial charge is 0.237 e. The highest BCUT2D eigenvalue weighted by Gasteiger charge is 2.29. The summed E-state index contributed by atoms with van der Waals surface area (Å²) in [5.74, 6) is 0.0690. The van der Waals surface area contributed by atoms with Crippen molar-refractivity contribution in [2.45, 2.75) is 75.9 Å². The number of hydrogen-bond donors (Lipinski definition) is 3. The van der Waals surface area contributed by atoms with Crippen molar-refractivity contribution in [1.82, 2.24) is 10.6 Å². The molecular formula is C15H28N2O2. The monoisotopic (exact) mass is 268 g/mol. The van der Waals surface area contributed by atoms with Crippen molar-refractivity contribution >= 4 is 5.91 Å². The third-order valence-electron chi connectivity index (χ3n) is 4.50. The molecule has 4 heteroatoms. The van der Waals surface area contributed by atoms with Gasteiger partial charge in [0.1, 0.15) is 0 Å². The van der Waals surface area contributed by atoms with Gasteiger partial charge in [0, 0.05) is 6.54 Å². The van der Waals surface area contributed by atoms with E-state index in [2.05, 4.69) is 10.6 Å². The normalized spacial score (nSPS) is 28.2. The highest BCUT2D eigenvalue weighted by Crippen LogP contribution is 2.26. The summed E-state index contributed by atoms with van der Waals surface area (Å²) >= 11 is 0. The second-order valence-electron chi connectivity index (χ2n) is 6.21. The van der Waals surface area contributed by atoms with Gasteiger partial charge < -0.3 is 15.7 Å². The molecule has 110 valence electrons. The van der Waals surface area contributed by atoms with Crippen molar-refractivity contribution in [3.63, 3.8) is 0 Å². The van der Waals surface area contributed by atoms with Crippen LogP contribution in [0.4, 0.5) is 0 Å². The Morgan fingerprint density at radius 3 is 2.53 bits per heavy atom. The standard InChI is InChI=1S/C15H28N2O2/c18-14(13-8-4-3-7-11-16-13)17-12-15(19)9-5-1-2-6-10-15/h13,16,19H,1-12H2,(H,17,18). The van der Waals surface area contributed by atoms with Gasteiger partial charge in [-0.25, -0.2) is 0 Å². The van der Waals surface area contributed by atoms with Gasteiger partial charge in [0.25, 0.3) is 0 Å². The molecule has 2 rings (SSSR count). The summed E-state index contributed by atoms with van der Waals surface area (Å²) in [7, 11) is 0. The van der Waals surface area contributed by atoms with Crippen LogP contribution in [0, 0.1) is 0 Å². The largest absolute Gasteiger partial charge is 0.388 e. The number of nitrogens with one attached hydrogen (secondary N) is 2. The summed E-state index contributed by atoms with van der Waals surface area (Å²) in [6, 6.07) is -0.0584. The first-order valence-corrected chi connectivity index (χ1v) is 7.93. The Labute approximate surface area is 116 Å². The zero-order valence-electron chi connectivity index (χ0n) is 11.9. The van der Waals surface area contributed by atoms with E-state index in [1.54, 1.807) is 0 Å². The van der Waals surface area contributed by atoms with Crippen LogP contribution in [0.25, 0.3) is 0 Å². The lowest BCUT2D eigenvalue weighted by Crippen LogP contribution is -2.49. The fourth-order valence-electron chi connectivity index (χ4n) is 3.19. The van der Waals surface area contributed by atoms with E-state index in [0.29, 0.717) is 6.54 Å². The maximum Gasteiger partial charge on any atom is 0.237 e. The maximum atomic E-state index is 12.1. The molecule has 2 aliphatic rings. The summed E-state index contributed by atoms with van der Waals surface area (Å²) < 4.78 is 0. The second kappa shape index (κ2) is 7.25. The Bertz CT molecular complexity index is 278. The van der Waals surface area contributed by atoms with Crippen LogP contribution in [-0.2, 0) is 4.79 Å². The van der Waals surface area contributed by atoms with Crippen molar-refractivity contribution in [3.8, 4) is 0 Å². The molecule has 0 aromatic heterocycles. The Hall–Kier alpha value is -0.610. The number of rotatable bonds is 3. The van der Waals surface area contributed by atoms with Crippen LogP contribution in [0.5, 0.6) is 0 Å². The average Bonchev–Trinajstić information content (AvgIpc) is 2.79. The number of aliphatic hydroxyl groups is 1. The molecule has 0 spiro atoms. The minimum Gasteiger partial charge on any atom is -0.388 e. The van der Waals surface area contributed by atoms with E-state index in [4.69, 9.17) is 0 Å². The summed E-state index contributed by atoms with van der Waals surface area (Å²) in [5.41, 5.74) is -0.670. The molecule has 4 nitrogen and oxygen atoms in total. The molecule has 3 N–H and O–H groups in total. The van der Waals surface area contributed by atoms with Gasteiger partial charge in [-0.1, -0.05) is 38.5 Å². The first-order chi connectivity index (χ1) is 9.20. The average molecular weight is 268 g/mol. The number of carbonyl (C=O) groups is 1. The minimum absolute atomic E-state index is 0.0584. The first kappa shape index (κ1) is 14.8. The van der Waals surface area contributed by atoms with Gasteiger partial charge in [-0.05, 0) is 32.2 Å². The molecule has 1 aliphatic heterocycles. The summed E-state index contributed by atoms with van der Waals surface area (Å²) in [6.45, 7) is 1.35.